The van der Waals surface area contributed by atoms with Gasteiger partial charge in [-0.1, -0.05) is 42.6 Å². The van der Waals surface area contributed by atoms with Crippen molar-refractivity contribution < 1.29 is 4.39 Å². The van der Waals surface area contributed by atoms with E-state index in [1.165, 1.54) is 6.07 Å². The Balaban J connectivity index is 2.82. The molecule has 96 valence electrons. The quantitative estimate of drug-likeness (QED) is 0.761. The summed E-state index contributed by atoms with van der Waals surface area (Å²) in [5, 5.41) is 3.49. The molecule has 1 nitrogen and oxygen atoms in total. The summed E-state index contributed by atoms with van der Waals surface area (Å²) in [5.41, 5.74) is 1.03. The summed E-state index contributed by atoms with van der Waals surface area (Å²) < 4.78 is 14.3. The van der Waals surface area contributed by atoms with Crippen LogP contribution in [-0.4, -0.2) is 6.54 Å². The third-order valence-electron chi connectivity index (χ3n) is 2.82. The lowest BCUT2D eigenvalue weighted by atomic mass is 10.0. The topological polar surface area (TPSA) is 12.0 Å². The Morgan fingerprint density at radius 3 is 2.71 bits per heavy atom. The molecule has 0 radical (unpaired) electrons. The Kier molecular flexibility index (Phi) is 6.75. The van der Waals surface area contributed by atoms with Crippen LogP contribution in [-0.2, 0) is 0 Å². The van der Waals surface area contributed by atoms with E-state index in [1.54, 1.807) is 12.1 Å². The largest absolute Gasteiger partial charge is 0.310 e. The highest BCUT2D eigenvalue weighted by Crippen LogP contribution is 2.27. The van der Waals surface area contributed by atoms with E-state index < -0.39 is 0 Å². The monoisotopic (exact) mass is 301 g/mol. The molecule has 1 N–H and O–H groups in total. The third kappa shape index (κ3) is 4.76. The molecule has 0 bridgehead atoms. The van der Waals surface area contributed by atoms with Crippen LogP contribution in [0.1, 0.15) is 51.1 Å². The maximum absolute atomic E-state index is 13.3. The van der Waals surface area contributed by atoms with Gasteiger partial charge in [-0.25, -0.2) is 4.39 Å². The smallest absolute Gasteiger partial charge is 0.123 e. The van der Waals surface area contributed by atoms with Gasteiger partial charge in [0.15, 0.2) is 0 Å². The van der Waals surface area contributed by atoms with Gasteiger partial charge in [0.2, 0.25) is 0 Å². The molecule has 0 aliphatic rings. The fraction of sp³-hybridized carbons (Fsp3) is 0.571. The summed E-state index contributed by atoms with van der Waals surface area (Å²) in [6.07, 6.45) is 4.47. The minimum atomic E-state index is -0.164. The maximum Gasteiger partial charge on any atom is 0.123 e. The number of halogens is 2. The average molecular weight is 302 g/mol. The van der Waals surface area contributed by atoms with E-state index in [9.17, 15) is 4.39 Å². The molecule has 1 unspecified atom stereocenters. The highest BCUT2D eigenvalue weighted by Gasteiger charge is 2.14. The maximum atomic E-state index is 13.3. The Hall–Kier alpha value is -0.410. The van der Waals surface area contributed by atoms with Gasteiger partial charge < -0.3 is 5.32 Å². The zero-order valence-electron chi connectivity index (χ0n) is 10.6. The highest BCUT2D eigenvalue weighted by molar-refractivity contribution is 9.10. The van der Waals surface area contributed by atoms with Gasteiger partial charge in [-0.3, -0.25) is 0 Å². The molecule has 3 heteroatoms. The van der Waals surface area contributed by atoms with E-state index in [1.807, 2.05) is 0 Å². The standard InChI is InChI=1S/C14H21BrFN/c1-3-5-6-14(17-9-4-2)12-10-11(16)7-8-13(12)15/h7-8,10,14,17H,3-6,9H2,1-2H3. The minimum Gasteiger partial charge on any atom is -0.310 e. The molecule has 0 fully saturated rings. The molecule has 0 amide bonds. The Labute approximate surface area is 112 Å². The van der Waals surface area contributed by atoms with Gasteiger partial charge in [0.05, 0.1) is 0 Å². The van der Waals surface area contributed by atoms with Crippen molar-refractivity contribution >= 4 is 15.9 Å². The fourth-order valence-corrected chi connectivity index (χ4v) is 2.40. The predicted octanol–water partition coefficient (Wildman–Crippen LogP) is 4.82. The Morgan fingerprint density at radius 2 is 2.06 bits per heavy atom. The van der Waals surface area contributed by atoms with Gasteiger partial charge in [0, 0.05) is 10.5 Å². The lowest BCUT2D eigenvalue weighted by molar-refractivity contribution is 0.477. The zero-order valence-corrected chi connectivity index (χ0v) is 12.2. The van der Waals surface area contributed by atoms with E-state index in [4.69, 9.17) is 0 Å². The van der Waals surface area contributed by atoms with Crippen LogP contribution >= 0.6 is 15.9 Å². The van der Waals surface area contributed by atoms with Gasteiger partial charge in [0.25, 0.3) is 0 Å². The van der Waals surface area contributed by atoms with Crippen molar-refractivity contribution in [2.75, 3.05) is 6.54 Å². The summed E-state index contributed by atoms with van der Waals surface area (Å²) in [6, 6.07) is 5.16. The van der Waals surface area contributed by atoms with Gasteiger partial charge in [-0.2, -0.15) is 0 Å². The first-order valence-corrected chi connectivity index (χ1v) is 7.16. The van der Waals surface area contributed by atoms with Gasteiger partial charge in [-0.15, -0.1) is 0 Å². The summed E-state index contributed by atoms with van der Waals surface area (Å²) in [7, 11) is 0. The van der Waals surface area contributed by atoms with Gasteiger partial charge in [-0.05, 0) is 43.1 Å². The molecule has 1 rings (SSSR count). The molecule has 1 aromatic rings. The van der Waals surface area contributed by atoms with Gasteiger partial charge >= 0.3 is 0 Å². The molecule has 1 aromatic carbocycles. The van der Waals surface area contributed by atoms with Crippen LogP contribution in [0.15, 0.2) is 22.7 Å². The Morgan fingerprint density at radius 1 is 1.29 bits per heavy atom. The van der Waals surface area contributed by atoms with Crippen LogP contribution in [0.5, 0.6) is 0 Å². The third-order valence-corrected chi connectivity index (χ3v) is 3.54. The fourth-order valence-electron chi connectivity index (χ4n) is 1.88. The molecule has 17 heavy (non-hydrogen) atoms. The van der Waals surface area contributed by atoms with Crippen LogP contribution in [0.3, 0.4) is 0 Å². The van der Waals surface area contributed by atoms with E-state index >= 15 is 0 Å². The first kappa shape index (κ1) is 14.7. The van der Waals surface area contributed by atoms with E-state index in [0.29, 0.717) is 0 Å². The number of rotatable bonds is 7. The lowest BCUT2D eigenvalue weighted by Crippen LogP contribution is -2.22. The number of hydrogen-bond acceptors (Lipinski definition) is 1. The molecular formula is C14H21BrFN. The minimum absolute atomic E-state index is 0.164. The normalized spacial score (nSPS) is 12.7. The van der Waals surface area contributed by atoms with E-state index in [-0.39, 0.29) is 11.9 Å². The molecule has 0 aromatic heterocycles. The molecule has 0 saturated carbocycles. The summed E-state index contributed by atoms with van der Waals surface area (Å²) in [5.74, 6) is -0.164. The highest BCUT2D eigenvalue weighted by atomic mass is 79.9. The number of hydrogen-bond donors (Lipinski definition) is 1. The van der Waals surface area contributed by atoms with Crippen LogP contribution < -0.4 is 5.32 Å². The number of nitrogens with one attached hydrogen (secondary N) is 1. The van der Waals surface area contributed by atoms with Crippen LogP contribution in [0, 0.1) is 5.82 Å². The summed E-state index contributed by atoms with van der Waals surface area (Å²) >= 11 is 3.51. The van der Waals surface area contributed by atoms with Crippen molar-refractivity contribution in [1.82, 2.24) is 5.32 Å². The average Bonchev–Trinajstić information content (AvgIpc) is 2.33. The summed E-state index contributed by atoms with van der Waals surface area (Å²) in [6.45, 7) is 5.29. The molecule has 1 atom stereocenters. The Bertz CT molecular complexity index is 333. The van der Waals surface area contributed by atoms with E-state index in [2.05, 4.69) is 35.1 Å². The van der Waals surface area contributed by atoms with Crippen molar-refractivity contribution in [3.63, 3.8) is 0 Å². The molecular weight excluding hydrogens is 281 g/mol. The number of benzene rings is 1. The molecule has 0 saturated heterocycles. The first-order valence-electron chi connectivity index (χ1n) is 6.37. The van der Waals surface area contributed by atoms with Crippen LogP contribution in [0.4, 0.5) is 4.39 Å². The second kappa shape index (κ2) is 7.83. The second-order valence-corrected chi connectivity index (χ2v) is 5.17. The van der Waals surface area contributed by atoms with Crippen LogP contribution in [0.25, 0.3) is 0 Å². The van der Waals surface area contributed by atoms with Crippen molar-refractivity contribution in [1.29, 1.82) is 0 Å². The van der Waals surface area contributed by atoms with Crippen molar-refractivity contribution in [2.24, 2.45) is 0 Å². The molecule has 0 heterocycles. The van der Waals surface area contributed by atoms with Crippen molar-refractivity contribution in [2.45, 2.75) is 45.6 Å². The molecule has 0 aliphatic carbocycles. The lowest BCUT2D eigenvalue weighted by Gasteiger charge is -2.20. The van der Waals surface area contributed by atoms with Crippen molar-refractivity contribution in [3.05, 3.63) is 34.1 Å². The predicted molar refractivity (Wildman–Crippen MR) is 74.7 cm³/mol. The molecule has 0 aliphatic heterocycles. The SMILES string of the molecule is CCCCC(NCCC)c1cc(F)ccc1Br. The second-order valence-electron chi connectivity index (χ2n) is 4.31. The first-order chi connectivity index (χ1) is 8.19. The van der Waals surface area contributed by atoms with Gasteiger partial charge in [0.1, 0.15) is 5.82 Å². The van der Waals surface area contributed by atoms with Crippen LogP contribution in [0.2, 0.25) is 0 Å². The zero-order chi connectivity index (χ0) is 12.7. The number of unbranched alkanes of at least 4 members (excludes halogenated alkanes) is 1. The van der Waals surface area contributed by atoms with Crippen molar-refractivity contribution in [3.8, 4) is 0 Å². The summed E-state index contributed by atoms with van der Waals surface area (Å²) in [4.78, 5) is 0. The molecule has 0 spiro atoms. The van der Waals surface area contributed by atoms with E-state index in [0.717, 1.165) is 42.3 Å².